The fourth-order valence-corrected chi connectivity index (χ4v) is 4.29. The minimum atomic E-state index is -0.0384. The van der Waals surface area contributed by atoms with E-state index < -0.39 is 0 Å². The molecule has 2 fully saturated rings. The van der Waals surface area contributed by atoms with Crippen LogP contribution in [0.3, 0.4) is 0 Å². The first-order chi connectivity index (χ1) is 11.6. The Balaban J connectivity index is 1.37. The van der Waals surface area contributed by atoms with Crippen molar-refractivity contribution in [3.63, 3.8) is 0 Å². The summed E-state index contributed by atoms with van der Waals surface area (Å²) < 4.78 is 0. The number of fused-ring (bicyclic) bond motifs is 1. The van der Waals surface area contributed by atoms with Crippen molar-refractivity contribution in [1.29, 1.82) is 0 Å². The van der Waals surface area contributed by atoms with Crippen LogP contribution in [-0.2, 0) is 0 Å². The summed E-state index contributed by atoms with van der Waals surface area (Å²) in [6.07, 6.45) is 5.24. The maximum absolute atomic E-state index is 12.4. The molecule has 2 aliphatic rings. The number of thiazole rings is 1. The van der Waals surface area contributed by atoms with Gasteiger partial charge < -0.3 is 9.80 Å². The molecule has 1 N–H and O–H groups in total. The third kappa shape index (κ3) is 2.82. The zero-order valence-corrected chi connectivity index (χ0v) is 14.6. The third-order valence-electron chi connectivity index (χ3n) is 4.78. The van der Waals surface area contributed by atoms with Crippen molar-refractivity contribution in [3.05, 3.63) is 29.2 Å². The monoisotopic (exact) mass is 344 g/mol. The lowest BCUT2D eigenvalue weighted by Gasteiger charge is -2.23. The van der Waals surface area contributed by atoms with Crippen molar-refractivity contribution >= 4 is 28.3 Å². The molecule has 4 rings (SSSR count). The fourth-order valence-electron chi connectivity index (χ4n) is 3.64. The highest BCUT2D eigenvalue weighted by Gasteiger charge is 2.42. The minimum Gasteiger partial charge on any atom is -0.356 e. The molecule has 0 spiro atoms. The topological polar surface area (TPSA) is 74.2 Å². The molecular formula is C16H20N6OS. The van der Waals surface area contributed by atoms with Gasteiger partial charge in [0.1, 0.15) is 12.1 Å². The maximum atomic E-state index is 12.4. The molecule has 2 saturated heterocycles. The van der Waals surface area contributed by atoms with Gasteiger partial charge in [-0.3, -0.25) is 5.32 Å². The number of hydrogen-bond acceptors (Lipinski definition) is 6. The number of anilines is 2. The number of carbonyl (C=O) groups is 1. The van der Waals surface area contributed by atoms with E-state index in [9.17, 15) is 4.79 Å². The number of amides is 2. The van der Waals surface area contributed by atoms with Crippen LogP contribution in [0.25, 0.3) is 0 Å². The van der Waals surface area contributed by atoms with E-state index in [2.05, 4.69) is 25.2 Å². The molecule has 2 aliphatic heterocycles. The third-order valence-corrected chi connectivity index (χ3v) is 5.60. The lowest BCUT2D eigenvalue weighted by Crippen LogP contribution is -2.36. The van der Waals surface area contributed by atoms with Gasteiger partial charge >= 0.3 is 6.03 Å². The average molecular weight is 344 g/mol. The highest BCUT2D eigenvalue weighted by atomic mass is 32.1. The van der Waals surface area contributed by atoms with Gasteiger partial charge in [-0.25, -0.2) is 19.7 Å². The number of carbonyl (C=O) groups excluding carboxylic acids is 1. The highest BCUT2D eigenvalue weighted by molar-refractivity contribution is 7.15. The van der Waals surface area contributed by atoms with Gasteiger partial charge in [0, 0.05) is 60.8 Å². The van der Waals surface area contributed by atoms with Crippen LogP contribution in [0.2, 0.25) is 0 Å². The first kappa shape index (κ1) is 15.3. The van der Waals surface area contributed by atoms with Crippen LogP contribution in [0.15, 0.2) is 18.7 Å². The molecule has 8 heteroatoms. The van der Waals surface area contributed by atoms with Gasteiger partial charge in [0.2, 0.25) is 0 Å². The smallest absolute Gasteiger partial charge is 0.323 e. The highest BCUT2D eigenvalue weighted by Crippen LogP contribution is 2.34. The molecule has 126 valence electrons. The van der Waals surface area contributed by atoms with E-state index >= 15 is 0 Å². The Hall–Kier alpha value is -2.22. The Morgan fingerprint density at radius 3 is 2.54 bits per heavy atom. The zero-order valence-electron chi connectivity index (χ0n) is 13.8. The van der Waals surface area contributed by atoms with Crippen LogP contribution in [0.5, 0.6) is 0 Å². The van der Waals surface area contributed by atoms with Gasteiger partial charge in [-0.1, -0.05) is 0 Å². The quantitative estimate of drug-likeness (QED) is 0.903. The van der Waals surface area contributed by atoms with Gasteiger partial charge in [-0.15, -0.1) is 11.3 Å². The largest absolute Gasteiger partial charge is 0.356 e. The summed E-state index contributed by atoms with van der Waals surface area (Å²) in [5, 5.41) is 3.58. The number of nitrogens with zero attached hydrogens (tertiary/aromatic N) is 5. The summed E-state index contributed by atoms with van der Waals surface area (Å²) in [5.74, 6) is 2.03. The van der Waals surface area contributed by atoms with Crippen molar-refractivity contribution in [3.8, 4) is 0 Å². The molecular weight excluding hydrogens is 324 g/mol. The molecule has 2 atom stereocenters. The minimum absolute atomic E-state index is 0.0384. The summed E-state index contributed by atoms with van der Waals surface area (Å²) in [5.41, 5.74) is 1.10. The van der Waals surface area contributed by atoms with Crippen LogP contribution >= 0.6 is 11.3 Å². The van der Waals surface area contributed by atoms with E-state index in [1.165, 1.54) is 11.3 Å². The summed E-state index contributed by atoms with van der Waals surface area (Å²) in [6, 6.07) is -0.0384. The lowest BCUT2D eigenvalue weighted by molar-refractivity contribution is 0.219. The van der Waals surface area contributed by atoms with E-state index in [1.807, 2.05) is 24.9 Å². The SMILES string of the molecule is Cc1cnc(NC(=O)N2CC3CN(c4ncncc4C)CC3C2)s1. The summed E-state index contributed by atoms with van der Waals surface area (Å²) in [7, 11) is 0. The zero-order chi connectivity index (χ0) is 16.7. The second-order valence-corrected chi connectivity index (χ2v) is 7.80. The summed E-state index contributed by atoms with van der Waals surface area (Å²) >= 11 is 1.50. The number of rotatable bonds is 2. The molecule has 2 amide bonds. The summed E-state index contributed by atoms with van der Waals surface area (Å²) in [4.78, 5) is 30.4. The van der Waals surface area contributed by atoms with Crippen molar-refractivity contribution in [2.45, 2.75) is 13.8 Å². The van der Waals surface area contributed by atoms with Crippen molar-refractivity contribution in [1.82, 2.24) is 19.9 Å². The fraction of sp³-hybridized carbons (Fsp3) is 0.500. The van der Waals surface area contributed by atoms with E-state index in [-0.39, 0.29) is 6.03 Å². The first-order valence-corrected chi connectivity index (χ1v) is 8.91. The number of hydrogen-bond donors (Lipinski definition) is 1. The number of aromatic nitrogens is 3. The molecule has 2 unspecified atom stereocenters. The van der Waals surface area contributed by atoms with E-state index in [0.717, 1.165) is 42.4 Å². The van der Waals surface area contributed by atoms with Gasteiger partial charge in [0.25, 0.3) is 0 Å². The molecule has 0 saturated carbocycles. The average Bonchev–Trinajstić information content (AvgIpc) is 3.22. The van der Waals surface area contributed by atoms with Crippen LogP contribution in [0.1, 0.15) is 10.4 Å². The Bertz CT molecular complexity index is 749. The second kappa shape index (κ2) is 6.01. The van der Waals surface area contributed by atoms with Gasteiger partial charge in [0.05, 0.1) is 0 Å². The Morgan fingerprint density at radius 1 is 1.17 bits per heavy atom. The predicted molar refractivity (Wildman–Crippen MR) is 93.4 cm³/mol. The molecule has 0 bridgehead atoms. The normalized spacial score (nSPS) is 22.8. The lowest BCUT2D eigenvalue weighted by atomic mass is 10.0. The Kier molecular flexibility index (Phi) is 3.84. The molecule has 24 heavy (non-hydrogen) atoms. The Morgan fingerprint density at radius 2 is 1.92 bits per heavy atom. The number of urea groups is 1. The van der Waals surface area contributed by atoms with E-state index in [4.69, 9.17) is 0 Å². The van der Waals surface area contributed by atoms with Crippen molar-refractivity contribution in [2.24, 2.45) is 11.8 Å². The van der Waals surface area contributed by atoms with Crippen LogP contribution in [0.4, 0.5) is 15.7 Å². The molecule has 0 aliphatic carbocycles. The second-order valence-electron chi connectivity index (χ2n) is 6.57. The van der Waals surface area contributed by atoms with Gasteiger partial charge in [-0.2, -0.15) is 0 Å². The van der Waals surface area contributed by atoms with E-state index in [1.54, 1.807) is 12.5 Å². The van der Waals surface area contributed by atoms with Crippen LogP contribution < -0.4 is 10.2 Å². The number of aryl methyl sites for hydroxylation is 2. The molecule has 4 heterocycles. The number of likely N-dealkylation sites (tertiary alicyclic amines) is 1. The molecule has 2 aromatic heterocycles. The maximum Gasteiger partial charge on any atom is 0.323 e. The van der Waals surface area contributed by atoms with Gasteiger partial charge in [0.15, 0.2) is 5.13 Å². The van der Waals surface area contributed by atoms with Gasteiger partial charge in [-0.05, 0) is 13.8 Å². The molecule has 7 nitrogen and oxygen atoms in total. The first-order valence-electron chi connectivity index (χ1n) is 8.10. The van der Waals surface area contributed by atoms with Crippen molar-refractivity contribution < 1.29 is 4.79 Å². The standard InChI is InChI=1S/C16H20N6OS/c1-10-3-17-9-19-14(10)21-5-12-7-22(8-13(12)6-21)16(23)20-15-18-4-11(2)24-15/h3-4,9,12-13H,5-8H2,1-2H3,(H,18,20,23). The van der Waals surface area contributed by atoms with E-state index in [0.29, 0.717) is 17.0 Å². The Labute approximate surface area is 144 Å². The molecule has 0 aromatic carbocycles. The predicted octanol–water partition coefficient (Wildman–Crippen LogP) is 2.15. The number of nitrogens with one attached hydrogen (secondary N) is 1. The summed E-state index contributed by atoms with van der Waals surface area (Å²) in [6.45, 7) is 7.50. The van der Waals surface area contributed by atoms with Crippen LogP contribution in [-0.4, -0.2) is 52.1 Å². The van der Waals surface area contributed by atoms with Crippen molar-refractivity contribution in [2.75, 3.05) is 36.4 Å². The molecule has 2 aromatic rings. The molecule has 0 radical (unpaired) electrons. The van der Waals surface area contributed by atoms with Crippen LogP contribution in [0, 0.1) is 25.7 Å².